The van der Waals surface area contributed by atoms with Crippen LogP contribution in [0.4, 0.5) is 11.4 Å². The summed E-state index contributed by atoms with van der Waals surface area (Å²) in [7, 11) is 1.65. The van der Waals surface area contributed by atoms with Crippen LogP contribution in [0, 0.1) is 6.92 Å². The molecule has 0 radical (unpaired) electrons. The summed E-state index contributed by atoms with van der Waals surface area (Å²) in [6.45, 7) is 4.22. The van der Waals surface area contributed by atoms with Crippen LogP contribution in [0.15, 0.2) is 42.5 Å². The van der Waals surface area contributed by atoms with Gasteiger partial charge in [-0.1, -0.05) is 25.1 Å². The Bertz CT molecular complexity index is 623. The van der Waals surface area contributed by atoms with Crippen LogP contribution < -0.4 is 15.4 Å². The van der Waals surface area contributed by atoms with Gasteiger partial charge in [0.25, 0.3) is 0 Å². The minimum atomic E-state index is 0.587. The first kappa shape index (κ1) is 15.3. The van der Waals surface area contributed by atoms with Gasteiger partial charge in [0.1, 0.15) is 5.75 Å². The number of aryl methyl sites for hydroxylation is 2. The minimum absolute atomic E-state index is 0.587. The van der Waals surface area contributed by atoms with Gasteiger partial charge in [-0.05, 0) is 61.0 Å². The van der Waals surface area contributed by atoms with Crippen molar-refractivity contribution in [3.63, 3.8) is 0 Å². The number of thiocarbonyl (C=S) groups is 1. The highest BCUT2D eigenvalue weighted by Gasteiger charge is 2.06. The van der Waals surface area contributed by atoms with E-state index in [2.05, 4.69) is 42.7 Å². The molecule has 0 fully saturated rings. The second-order valence-corrected chi connectivity index (χ2v) is 5.18. The van der Waals surface area contributed by atoms with Gasteiger partial charge in [-0.3, -0.25) is 0 Å². The summed E-state index contributed by atoms with van der Waals surface area (Å²) in [5.41, 5.74) is 4.47. The van der Waals surface area contributed by atoms with Crippen molar-refractivity contribution < 1.29 is 4.74 Å². The highest BCUT2D eigenvalue weighted by atomic mass is 32.1. The maximum atomic E-state index is 5.39. The zero-order valence-corrected chi connectivity index (χ0v) is 13.4. The van der Waals surface area contributed by atoms with E-state index in [1.807, 2.05) is 24.3 Å². The van der Waals surface area contributed by atoms with Crippen molar-refractivity contribution in [2.45, 2.75) is 20.3 Å². The molecule has 2 aromatic carbocycles. The van der Waals surface area contributed by atoms with Crippen LogP contribution >= 0.6 is 12.2 Å². The zero-order chi connectivity index (χ0) is 15.2. The van der Waals surface area contributed by atoms with Crippen LogP contribution in [-0.2, 0) is 6.42 Å². The minimum Gasteiger partial charge on any atom is -0.497 e. The summed E-state index contributed by atoms with van der Waals surface area (Å²) in [5, 5.41) is 7.07. The molecule has 0 amide bonds. The molecule has 21 heavy (non-hydrogen) atoms. The second kappa shape index (κ2) is 7.09. The van der Waals surface area contributed by atoms with Crippen LogP contribution in [0.3, 0.4) is 0 Å². The van der Waals surface area contributed by atoms with E-state index in [1.54, 1.807) is 7.11 Å². The SMILES string of the molecule is CCc1cccc(C)c1NC(=S)Nc1ccc(OC)cc1. The van der Waals surface area contributed by atoms with E-state index in [9.17, 15) is 0 Å². The molecule has 0 saturated heterocycles. The molecule has 0 aliphatic heterocycles. The quantitative estimate of drug-likeness (QED) is 0.821. The van der Waals surface area contributed by atoms with Crippen LogP contribution in [0.5, 0.6) is 5.75 Å². The number of rotatable bonds is 4. The van der Waals surface area contributed by atoms with E-state index < -0.39 is 0 Å². The first-order valence-electron chi connectivity index (χ1n) is 6.94. The molecular weight excluding hydrogens is 280 g/mol. The van der Waals surface area contributed by atoms with E-state index in [4.69, 9.17) is 17.0 Å². The van der Waals surface area contributed by atoms with E-state index >= 15 is 0 Å². The van der Waals surface area contributed by atoms with Gasteiger partial charge < -0.3 is 15.4 Å². The van der Waals surface area contributed by atoms with Crippen molar-refractivity contribution in [2.75, 3.05) is 17.7 Å². The molecule has 2 rings (SSSR count). The fourth-order valence-corrected chi connectivity index (χ4v) is 2.37. The van der Waals surface area contributed by atoms with E-state index in [-0.39, 0.29) is 0 Å². The third kappa shape index (κ3) is 3.95. The summed E-state index contributed by atoms with van der Waals surface area (Å²) >= 11 is 5.39. The Labute approximate surface area is 131 Å². The number of hydrogen-bond acceptors (Lipinski definition) is 2. The van der Waals surface area contributed by atoms with Gasteiger partial charge in [-0.15, -0.1) is 0 Å². The average molecular weight is 300 g/mol. The number of anilines is 2. The largest absolute Gasteiger partial charge is 0.497 e. The molecule has 0 aliphatic rings. The van der Waals surface area contributed by atoms with Crippen LogP contribution in [-0.4, -0.2) is 12.2 Å². The Balaban J connectivity index is 2.08. The topological polar surface area (TPSA) is 33.3 Å². The van der Waals surface area contributed by atoms with Crippen molar-refractivity contribution in [3.05, 3.63) is 53.6 Å². The zero-order valence-electron chi connectivity index (χ0n) is 12.6. The molecule has 0 heterocycles. The maximum absolute atomic E-state index is 5.39. The van der Waals surface area contributed by atoms with Crippen LogP contribution in [0.25, 0.3) is 0 Å². The molecule has 2 N–H and O–H groups in total. The first-order valence-corrected chi connectivity index (χ1v) is 7.35. The molecule has 0 atom stereocenters. The molecule has 0 bridgehead atoms. The second-order valence-electron chi connectivity index (χ2n) is 4.77. The van der Waals surface area contributed by atoms with Crippen molar-refractivity contribution in [1.82, 2.24) is 0 Å². The Morgan fingerprint density at radius 3 is 2.43 bits per heavy atom. The number of nitrogens with one attached hydrogen (secondary N) is 2. The van der Waals surface area contributed by atoms with Gasteiger partial charge >= 0.3 is 0 Å². The smallest absolute Gasteiger partial charge is 0.175 e. The molecule has 0 unspecified atom stereocenters. The number of ether oxygens (including phenoxy) is 1. The van der Waals surface area contributed by atoms with E-state index in [0.29, 0.717) is 5.11 Å². The summed E-state index contributed by atoms with van der Waals surface area (Å²) in [6, 6.07) is 13.9. The molecule has 0 aliphatic carbocycles. The lowest BCUT2D eigenvalue weighted by molar-refractivity contribution is 0.415. The average Bonchev–Trinajstić information content (AvgIpc) is 2.50. The van der Waals surface area contributed by atoms with Gasteiger partial charge in [-0.2, -0.15) is 0 Å². The number of methoxy groups -OCH3 is 1. The van der Waals surface area contributed by atoms with Crippen molar-refractivity contribution in [2.24, 2.45) is 0 Å². The molecule has 4 heteroatoms. The van der Waals surface area contributed by atoms with Gasteiger partial charge in [0.2, 0.25) is 0 Å². The van der Waals surface area contributed by atoms with Gasteiger partial charge in [0.15, 0.2) is 5.11 Å². The predicted molar refractivity (Wildman–Crippen MR) is 93.4 cm³/mol. The fourth-order valence-electron chi connectivity index (χ4n) is 2.15. The third-order valence-corrected chi connectivity index (χ3v) is 3.53. The van der Waals surface area contributed by atoms with E-state index in [1.165, 1.54) is 11.1 Å². The summed E-state index contributed by atoms with van der Waals surface area (Å²) in [5.74, 6) is 0.826. The standard InChI is InChI=1S/C17H20N2OS/c1-4-13-7-5-6-12(2)16(13)19-17(21)18-14-8-10-15(20-3)11-9-14/h5-11H,4H2,1-3H3,(H2,18,19,21). The highest BCUT2D eigenvalue weighted by molar-refractivity contribution is 7.80. The van der Waals surface area contributed by atoms with Crippen molar-refractivity contribution in [1.29, 1.82) is 0 Å². The first-order chi connectivity index (χ1) is 10.1. The van der Waals surface area contributed by atoms with E-state index in [0.717, 1.165) is 23.5 Å². The third-order valence-electron chi connectivity index (χ3n) is 3.33. The summed E-state index contributed by atoms with van der Waals surface area (Å²) < 4.78 is 5.14. The lowest BCUT2D eigenvalue weighted by Gasteiger charge is -2.16. The fraction of sp³-hybridized carbons (Fsp3) is 0.235. The van der Waals surface area contributed by atoms with Gasteiger partial charge in [0.05, 0.1) is 7.11 Å². The number of para-hydroxylation sites is 1. The Morgan fingerprint density at radius 2 is 1.81 bits per heavy atom. The monoisotopic (exact) mass is 300 g/mol. The molecule has 0 aromatic heterocycles. The van der Waals surface area contributed by atoms with Crippen molar-refractivity contribution >= 4 is 28.7 Å². The summed E-state index contributed by atoms with van der Waals surface area (Å²) in [4.78, 5) is 0. The molecular formula is C17H20N2OS. The van der Waals surface area contributed by atoms with Gasteiger partial charge in [-0.25, -0.2) is 0 Å². The number of hydrogen-bond donors (Lipinski definition) is 2. The van der Waals surface area contributed by atoms with Gasteiger partial charge in [0, 0.05) is 11.4 Å². The molecule has 0 spiro atoms. The molecule has 0 saturated carbocycles. The Hall–Kier alpha value is -2.07. The lowest BCUT2D eigenvalue weighted by Crippen LogP contribution is -2.20. The molecule has 3 nitrogen and oxygen atoms in total. The normalized spacial score (nSPS) is 10.0. The van der Waals surface area contributed by atoms with Crippen LogP contribution in [0.2, 0.25) is 0 Å². The molecule has 110 valence electrons. The Morgan fingerprint density at radius 1 is 1.10 bits per heavy atom. The lowest BCUT2D eigenvalue weighted by atomic mass is 10.1. The van der Waals surface area contributed by atoms with Crippen LogP contribution in [0.1, 0.15) is 18.1 Å². The molecule has 2 aromatic rings. The number of benzene rings is 2. The Kier molecular flexibility index (Phi) is 5.17. The van der Waals surface area contributed by atoms with Crippen molar-refractivity contribution in [3.8, 4) is 5.75 Å². The summed E-state index contributed by atoms with van der Waals surface area (Å²) in [6.07, 6.45) is 0.967. The highest BCUT2D eigenvalue weighted by Crippen LogP contribution is 2.22. The maximum Gasteiger partial charge on any atom is 0.175 e. The predicted octanol–water partition coefficient (Wildman–Crippen LogP) is 4.37.